The molecule has 2 heteroatoms. The van der Waals surface area contributed by atoms with Crippen LogP contribution >= 0.6 is 0 Å². The second-order valence-electron chi connectivity index (χ2n) is 8.74. The van der Waals surface area contributed by atoms with Crippen molar-refractivity contribution in [1.29, 1.82) is 0 Å². The van der Waals surface area contributed by atoms with Crippen molar-refractivity contribution in [2.75, 3.05) is 0 Å². The highest BCUT2D eigenvalue weighted by molar-refractivity contribution is 6.11. The molecule has 0 N–H and O–H groups in total. The first kappa shape index (κ1) is 20.3. The average molecular weight is 441 g/mol. The van der Waals surface area contributed by atoms with Crippen LogP contribution < -0.4 is 0 Å². The summed E-state index contributed by atoms with van der Waals surface area (Å²) >= 11 is 0. The Morgan fingerprint density at radius 2 is 1.29 bits per heavy atom. The van der Waals surface area contributed by atoms with Crippen LogP contribution in [0.3, 0.4) is 0 Å². The van der Waals surface area contributed by atoms with Crippen LogP contribution in [0, 0.1) is 13.8 Å². The second-order valence-corrected chi connectivity index (χ2v) is 8.74. The lowest BCUT2D eigenvalue weighted by molar-refractivity contribution is 0.569. The number of hydrogen-bond acceptors (Lipinski definition) is 2. The molecule has 0 saturated heterocycles. The minimum Gasteiger partial charge on any atom is -0.461 e. The van der Waals surface area contributed by atoms with E-state index in [1.165, 1.54) is 5.56 Å². The monoisotopic (exact) mass is 440 g/mol. The Labute approximate surface area is 198 Å². The Bertz CT molecular complexity index is 1730. The fraction of sp³-hybridized carbons (Fsp3) is 0.0625. The third kappa shape index (κ3) is 3.64. The molecule has 4 aromatic carbocycles. The summed E-state index contributed by atoms with van der Waals surface area (Å²) < 4.78 is 12.5. The van der Waals surface area contributed by atoms with Gasteiger partial charge in [0.05, 0.1) is 0 Å². The molecule has 0 atom stereocenters. The lowest BCUT2D eigenvalue weighted by Gasteiger charge is -2.08. The summed E-state index contributed by atoms with van der Waals surface area (Å²) in [6, 6.07) is 37.9. The molecule has 34 heavy (non-hydrogen) atoms. The van der Waals surface area contributed by atoms with Gasteiger partial charge in [-0.15, -0.1) is 0 Å². The van der Waals surface area contributed by atoms with Gasteiger partial charge in [-0.25, -0.2) is 0 Å². The maximum absolute atomic E-state index is 6.38. The number of para-hydroxylation sites is 2. The summed E-state index contributed by atoms with van der Waals surface area (Å²) in [5.41, 5.74) is 8.40. The molecule has 0 aliphatic heterocycles. The summed E-state index contributed by atoms with van der Waals surface area (Å²) in [4.78, 5) is 0. The number of rotatable bonds is 2. The molecular formula is C32H24O2. The van der Waals surface area contributed by atoms with Gasteiger partial charge < -0.3 is 8.83 Å². The highest BCUT2D eigenvalue weighted by Crippen LogP contribution is 2.39. The zero-order valence-corrected chi connectivity index (χ0v) is 19.2. The van der Waals surface area contributed by atoms with Gasteiger partial charge in [0.15, 0.2) is 0 Å². The summed E-state index contributed by atoms with van der Waals surface area (Å²) in [5.74, 6) is 0.849. The van der Waals surface area contributed by atoms with Crippen LogP contribution in [-0.4, -0.2) is 0 Å². The zero-order chi connectivity index (χ0) is 23.1. The summed E-state index contributed by atoms with van der Waals surface area (Å²) in [7, 11) is 0. The van der Waals surface area contributed by atoms with E-state index in [0.717, 1.165) is 60.9 Å². The van der Waals surface area contributed by atoms with Gasteiger partial charge >= 0.3 is 0 Å². The van der Waals surface area contributed by atoms with Crippen LogP contribution in [0.5, 0.6) is 0 Å². The van der Waals surface area contributed by atoms with Gasteiger partial charge in [0.25, 0.3) is 0 Å². The quantitative estimate of drug-likeness (QED) is 0.268. The average Bonchev–Trinajstić information content (AvgIpc) is 3.25. The van der Waals surface area contributed by atoms with Crippen LogP contribution in [0.4, 0.5) is 0 Å². The molecular weight excluding hydrogens is 416 g/mol. The van der Waals surface area contributed by atoms with E-state index < -0.39 is 0 Å². The van der Waals surface area contributed by atoms with E-state index in [4.69, 9.17) is 8.83 Å². The third-order valence-electron chi connectivity index (χ3n) is 6.27. The molecule has 6 aromatic rings. The fourth-order valence-electron chi connectivity index (χ4n) is 4.57. The first-order chi connectivity index (χ1) is 16.7. The van der Waals surface area contributed by atoms with E-state index in [-0.39, 0.29) is 0 Å². The lowest BCUT2D eigenvalue weighted by atomic mass is 9.95. The summed E-state index contributed by atoms with van der Waals surface area (Å²) in [5, 5.41) is 3.30. The van der Waals surface area contributed by atoms with Gasteiger partial charge in [-0.2, -0.15) is 0 Å². The molecule has 0 saturated carbocycles. The van der Waals surface area contributed by atoms with Crippen molar-refractivity contribution in [1.82, 2.24) is 0 Å². The van der Waals surface area contributed by atoms with Crippen LogP contribution in [0.2, 0.25) is 0 Å². The number of aryl methyl sites for hydroxylation is 2. The Balaban J connectivity index is 1.69. The number of fused-ring (bicyclic) bond motifs is 4. The van der Waals surface area contributed by atoms with Gasteiger partial charge in [0.2, 0.25) is 0 Å². The maximum atomic E-state index is 6.38. The zero-order valence-electron chi connectivity index (χ0n) is 19.2. The third-order valence-corrected chi connectivity index (χ3v) is 6.27. The van der Waals surface area contributed by atoms with E-state index >= 15 is 0 Å². The van der Waals surface area contributed by atoms with Crippen molar-refractivity contribution in [3.63, 3.8) is 0 Å². The SMILES string of the molecule is Cc1cccc(-c2cc(-c3ccc(C)oc4ccccc4cc3)cc3c2oc2ccccc23)c1. The van der Waals surface area contributed by atoms with E-state index in [9.17, 15) is 0 Å². The molecule has 0 radical (unpaired) electrons. The second kappa shape index (κ2) is 8.24. The van der Waals surface area contributed by atoms with Crippen molar-refractivity contribution in [2.24, 2.45) is 0 Å². The van der Waals surface area contributed by atoms with Gasteiger partial charge in [0.1, 0.15) is 22.5 Å². The number of furan rings is 1. The minimum absolute atomic E-state index is 0.849. The van der Waals surface area contributed by atoms with Crippen molar-refractivity contribution in [3.05, 3.63) is 121 Å². The first-order valence-corrected chi connectivity index (χ1v) is 11.5. The predicted octanol–water partition coefficient (Wildman–Crippen LogP) is 9.41. The van der Waals surface area contributed by atoms with Crippen LogP contribution in [0.1, 0.15) is 11.3 Å². The van der Waals surface area contributed by atoms with Crippen LogP contribution in [0.25, 0.3) is 55.2 Å². The molecule has 6 rings (SSSR count). The first-order valence-electron chi connectivity index (χ1n) is 11.5. The van der Waals surface area contributed by atoms with E-state index in [1.807, 2.05) is 43.3 Å². The highest BCUT2D eigenvalue weighted by Gasteiger charge is 2.15. The normalized spacial score (nSPS) is 11.2. The molecule has 164 valence electrons. The van der Waals surface area contributed by atoms with Gasteiger partial charge in [-0.3, -0.25) is 0 Å². The van der Waals surface area contributed by atoms with Crippen molar-refractivity contribution < 1.29 is 8.83 Å². The molecule has 0 aliphatic rings. The Hall–Kier alpha value is -4.30. The lowest BCUT2D eigenvalue weighted by Crippen LogP contribution is -1.84. The Morgan fingerprint density at radius 3 is 2.18 bits per heavy atom. The van der Waals surface area contributed by atoms with Crippen molar-refractivity contribution in [2.45, 2.75) is 13.8 Å². The minimum atomic E-state index is 0.849. The van der Waals surface area contributed by atoms with E-state index in [0.29, 0.717) is 0 Å². The van der Waals surface area contributed by atoms with Crippen molar-refractivity contribution >= 4 is 32.9 Å². The molecule has 0 aliphatic carbocycles. The Morgan fingerprint density at radius 1 is 0.500 bits per heavy atom. The molecule has 0 spiro atoms. The largest absolute Gasteiger partial charge is 0.461 e. The topological polar surface area (TPSA) is 26.3 Å². The molecule has 0 amide bonds. The maximum Gasteiger partial charge on any atom is 0.143 e. The highest BCUT2D eigenvalue weighted by atomic mass is 16.3. The number of benzene rings is 4. The molecule has 0 fully saturated rings. The van der Waals surface area contributed by atoms with Gasteiger partial charge in [-0.1, -0.05) is 84.4 Å². The van der Waals surface area contributed by atoms with Gasteiger partial charge in [-0.05, 0) is 60.9 Å². The molecule has 2 nitrogen and oxygen atoms in total. The molecule has 0 unspecified atom stereocenters. The Kier molecular flexibility index (Phi) is 4.92. The standard InChI is InChI=1S/C32H24O2/c1-21-8-7-10-25(18-21)28-19-26(20-29-27-11-4-6-13-31(27)34-32(28)29)23-15-14-22(2)33-30-12-5-3-9-24(30)17-16-23/h3-20H,1-2H3. The molecule has 0 bridgehead atoms. The molecule has 2 aromatic heterocycles. The summed E-state index contributed by atoms with van der Waals surface area (Å²) in [6.45, 7) is 4.11. The number of hydrogen-bond donors (Lipinski definition) is 0. The fourth-order valence-corrected chi connectivity index (χ4v) is 4.57. The van der Waals surface area contributed by atoms with E-state index in [2.05, 4.69) is 79.7 Å². The smallest absolute Gasteiger partial charge is 0.143 e. The van der Waals surface area contributed by atoms with Crippen LogP contribution in [-0.2, 0) is 0 Å². The van der Waals surface area contributed by atoms with E-state index in [1.54, 1.807) is 0 Å². The van der Waals surface area contributed by atoms with Gasteiger partial charge in [0, 0.05) is 21.7 Å². The predicted molar refractivity (Wildman–Crippen MR) is 141 cm³/mol. The summed E-state index contributed by atoms with van der Waals surface area (Å²) in [6.07, 6.45) is 0. The van der Waals surface area contributed by atoms with Crippen molar-refractivity contribution in [3.8, 4) is 22.3 Å². The van der Waals surface area contributed by atoms with Crippen LogP contribution in [0.15, 0.2) is 118 Å². The molecule has 2 heterocycles.